The molecule has 0 saturated heterocycles. The molecule has 2 aliphatic rings. The van der Waals surface area contributed by atoms with Gasteiger partial charge in [-0.05, 0) is 56.0 Å². The SMILES string of the molecule is NCC(NCC(C1CC1)C1CC1)c1cc(Cl)cs1. The Hall–Kier alpha value is -0.0900. The van der Waals surface area contributed by atoms with Crippen LogP contribution in [-0.4, -0.2) is 13.1 Å². The molecule has 0 radical (unpaired) electrons. The molecular weight excluding hydrogens is 264 g/mol. The second-order valence-corrected chi connectivity index (χ2v) is 7.08. The van der Waals surface area contributed by atoms with Crippen molar-refractivity contribution < 1.29 is 0 Å². The first-order valence-corrected chi connectivity index (χ1v) is 8.21. The molecule has 1 atom stereocenters. The van der Waals surface area contributed by atoms with Crippen molar-refractivity contribution >= 4 is 22.9 Å². The summed E-state index contributed by atoms with van der Waals surface area (Å²) in [6.07, 6.45) is 5.78. The zero-order valence-corrected chi connectivity index (χ0v) is 12.1. The first-order chi connectivity index (χ1) is 8.78. The molecule has 0 spiro atoms. The number of nitrogens with two attached hydrogens (primary N) is 1. The molecule has 3 N–H and O–H groups in total. The highest BCUT2D eigenvalue weighted by Gasteiger charge is 2.41. The van der Waals surface area contributed by atoms with Gasteiger partial charge in [0.25, 0.3) is 0 Å². The van der Waals surface area contributed by atoms with Gasteiger partial charge in [0.1, 0.15) is 0 Å². The second-order valence-electron chi connectivity index (χ2n) is 5.70. The van der Waals surface area contributed by atoms with Gasteiger partial charge in [-0.25, -0.2) is 0 Å². The lowest BCUT2D eigenvalue weighted by molar-refractivity contribution is 0.359. The topological polar surface area (TPSA) is 38.0 Å². The van der Waals surface area contributed by atoms with Gasteiger partial charge in [-0.2, -0.15) is 0 Å². The summed E-state index contributed by atoms with van der Waals surface area (Å²) in [5.74, 6) is 2.89. The highest BCUT2D eigenvalue weighted by atomic mass is 35.5. The summed E-state index contributed by atoms with van der Waals surface area (Å²) in [6, 6.07) is 2.32. The Labute approximate surface area is 118 Å². The number of hydrogen-bond acceptors (Lipinski definition) is 3. The maximum atomic E-state index is 5.99. The molecular formula is C14H21ClN2S. The Morgan fingerprint density at radius 1 is 1.33 bits per heavy atom. The lowest BCUT2D eigenvalue weighted by atomic mass is 9.97. The van der Waals surface area contributed by atoms with Crippen LogP contribution in [0.4, 0.5) is 0 Å². The van der Waals surface area contributed by atoms with Crippen molar-refractivity contribution in [3.05, 3.63) is 21.3 Å². The third-order valence-corrected chi connectivity index (χ3v) is 5.62. The van der Waals surface area contributed by atoms with Gasteiger partial charge in [-0.3, -0.25) is 0 Å². The number of hydrogen-bond donors (Lipinski definition) is 2. The average Bonchev–Trinajstić information content (AvgIpc) is 3.26. The standard InChI is InChI=1S/C14H21ClN2S/c15-11-5-14(18-8-11)13(6-16)17-7-12(9-1-2-9)10-3-4-10/h5,8-10,12-13,17H,1-4,6-7,16H2. The van der Waals surface area contributed by atoms with Crippen LogP contribution in [0.15, 0.2) is 11.4 Å². The van der Waals surface area contributed by atoms with E-state index in [-0.39, 0.29) is 6.04 Å². The minimum Gasteiger partial charge on any atom is -0.329 e. The number of rotatable bonds is 7. The normalized spacial score (nSPS) is 21.5. The fourth-order valence-electron chi connectivity index (χ4n) is 2.86. The van der Waals surface area contributed by atoms with E-state index < -0.39 is 0 Å². The third-order valence-electron chi connectivity index (χ3n) is 4.22. The van der Waals surface area contributed by atoms with Crippen molar-refractivity contribution in [1.29, 1.82) is 0 Å². The molecule has 4 heteroatoms. The quantitative estimate of drug-likeness (QED) is 0.805. The molecule has 2 saturated carbocycles. The molecule has 0 bridgehead atoms. The van der Waals surface area contributed by atoms with Crippen molar-refractivity contribution in [2.24, 2.45) is 23.5 Å². The predicted molar refractivity (Wildman–Crippen MR) is 78.1 cm³/mol. The molecule has 1 unspecified atom stereocenters. The zero-order valence-electron chi connectivity index (χ0n) is 10.6. The van der Waals surface area contributed by atoms with Gasteiger partial charge in [0, 0.05) is 16.8 Å². The van der Waals surface area contributed by atoms with E-state index in [1.807, 2.05) is 11.4 Å². The summed E-state index contributed by atoms with van der Waals surface area (Å²) in [5, 5.41) is 6.48. The molecule has 3 rings (SSSR count). The highest BCUT2D eigenvalue weighted by Crippen LogP contribution is 2.49. The van der Waals surface area contributed by atoms with Crippen LogP contribution in [0, 0.1) is 17.8 Å². The van der Waals surface area contributed by atoms with Gasteiger partial charge in [-0.15, -0.1) is 11.3 Å². The lowest BCUT2D eigenvalue weighted by Crippen LogP contribution is -2.33. The number of halogens is 1. The molecule has 1 aromatic heterocycles. The Morgan fingerprint density at radius 2 is 2.00 bits per heavy atom. The minimum absolute atomic E-state index is 0.280. The van der Waals surface area contributed by atoms with E-state index in [4.69, 9.17) is 17.3 Å². The van der Waals surface area contributed by atoms with Crippen molar-refractivity contribution in [2.75, 3.05) is 13.1 Å². The van der Waals surface area contributed by atoms with E-state index in [1.165, 1.54) is 30.6 Å². The molecule has 2 nitrogen and oxygen atoms in total. The molecule has 0 aromatic carbocycles. The van der Waals surface area contributed by atoms with E-state index >= 15 is 0 Å². The second kappa shape index (κ2) is 5.49. The summed E-state index contributed by atoms with van der Waals surface area (Å²) >= 11 is 7.69. The van der Waals surface area contributed by atoms with Crippen molar-refractivity contribution in [3.63, 3.8) is 0 Å². The predicted octanol–water partition coefficient (Wildman–Crippen LogP) is 3.43. The van der Waals surface area contributed by atoms with E-state index in [2.05, 4.69) is 5.32 Å². The third kappa shape index (κ3) is 3.08. The van der Waals surface area contributed by atoms with E-state index in [0.29, 0.717) is 6.54 Å². The Morgan fingerprint density at radius 3 is 2.44 bits per heavy atom. The van der Waals surface area contributed by atoms with Gasteiger partial charge in [0.05, 0.1) is 11.1 Å². The van der Waals surface area contributed by atoms with Crippen LogP contribution in [0.3, 0.4) is 0 Å². The molecule has 100 valence electrons. The lowest BCUT2D eigenvalue weighted by Gasteiger charge is -2.21. The molecule has 1 aromatic rings. The van der Waals surface area contributed by atoms with Gasteiger partial charge >= 0.3 is 0 Å². The number of thiophene rings is 1. The Balaban J connectivity index is 1.56. The van der Waals surface area contributed by atoms with Crippen LogP contribution in [0.2, 0.25) is 5.02 Å². The van der Waals surface area contributed by atoms with Gasteiger partial charge in [0.2, 0.25) is 0 Å². The minimum atomic E-state index is 0.280. The molecule has 0 aliphatic heterocycles. The first kappa shape index (κ1) is 12.9. The summed E-state index contributed by atoms with van der Waals surface area (Å²) < 4.78 is 0. The maximum Gasteiger partial charge on any atom is 0.0539 e. The fraction of sp³-hybridized carbons (Fsp3) is 0.714. The zero-order chi connectivity index (χ0) is 12.5. The van der Waals surface area contributed by atoms with Crippen molar-refractivity contribution in [1.82, 2.24) is 5.32 Å². The largest absolute Gasteiger partial charge is 0.329 e. The van der Waals surface area contributed by atoms with E-state index in [1.54, 1.807) is 11.3 Å². The van der Waals surface area contributed by atoms with Crippen molar-refractivity contribution in [2.45, 2.75) is 31.7 Å². The summed E-state index contributed by atoms with van der Waals surface area (Å²) in [4.78, 5) is 1.27. The van der Waals surface area contributed by atoms with Crippen LogP contribution in [0.5, 0.6) is 0 Å². The van der Waals surface area contributed by atoms with Gasteiger partial charge < -0.3 is 11.1 Å². The Kier molecular flexibility index (Phi) is 3.94. The maximum absolute atomic E-state index is 5.99. The van der Waals surface area contributed by atoms with Crippen LogP contribution >= 0.6 is 22.9 Å². The average molecular weight is 285 g/mol. The van der Waals surface area contributed by atoms with Crippen molar-refractivity contribution in [3.8, 4) is 0 Å². The van der Waals surface area contributed by atoms with Crippen LogP contribution in [0.1, 0.15) is 36.6 Å². The monoisotopic (exact) mass is 284 g/mol. The number of nitrogens with one attached hydrogen (secondary N) is 1. The molecule has 2 aliphatic carbocycles. The van der Waals surface area contributed by atoms with Gasteiger partial charge in [-0.1, -0.05) is 11.6 Å². The summed E-state index contributed by atoms with van der Waals surface area (Å²) in [5.41, 5.74) is 5.88. The smallest absolute Gasteiger partial charge is 0.0539 e. The summed E-state index contributed by atoms with van der Waals surface area (Å²) in [6.45, 7) is 1.78. The van der Waals surface area contributed by atoms with Crippen LogP contribution in [0.25, 0.3) is 0 Å². The first-order valence-electron chi connectivity index (χ1n) is 6.95. The molecule has 1 heterocycles. The van der Waals surface area contributed by atoms with Gasteiger partial charge in [0.15, 0.2) is 0 Å². The molecule has 18 heavy (non-hydrogen) atoms. The summed E-state index contributed by atoms with van der Waals surface area (Å²) in [7, 11) is 0. The molecule has 0 amide bonds. The van der Waals surface area contributed by atoms with E-state index in [9.17, 15) is 0 Å². The van der Waals surface area contributed by atoms with E-state index in [0.717, 1.165) is 29.3 Å². The van der Waals surface area contributed by atoms with Crippen LogP contribution in [-0.2, 0) is 0 Å². The van der Waals surface area contributed by atoms with Crippen LogP contribution < -0.4 is 11.1 Å². The molecule has 2 fully saturated rings. The highest BCUT2D eigenvalue weighted by molar-refractivity contribution is 7.10. The Bertz CT molecular complexity index is 386. The fourth-order valence-corrected chi connectivity index (χ4v) is 4.03.